The van der Waals surface area contributed by atoms with Gasteiger partial charge < -0.3 is 14.8 Å². The lowest BCUT2D eigenvalue weighted by molar-refractivity contribution is -0.116. The van der Waals surface area contributed by atoms with Crippen molar-refractivity contribution in [1.29, 1.82) is 0 Å². The topological polar surface area (TPSA) is 60.5 Å². The number of methoxy groups -OCH3 is 2. The summed E-state index contributed by atoms with van der Waals surface area (Å²) in [5.41, 5.74) is 5.08. The Balaban J connectivity index is 1.37. The number of amides is 1. The molecule has 0 fully saturated rings. The number of benzene rings is 3. The SMILES string of the molecule is COc1ccc(CCC(=O)Nc2ccc(-c3nc4ccc(C)cc4s3)cc2)cc1OC. The molecule has 0 spiro atoms. The van der Waals surface area contributed by atoms with Gasteiger partial charge in [0, 0.05) is 17.7 Å². The van der Waals surface area contributed by atoms with Crippen molar-refractivity contribution in [3.63, 3.8) is 0 Å². The number of hydrogen-bond acceptors (Lipinski definition) is 5. The zero-order valence-corrected chi connectivity index (χ0v) is 18.6. The van der Waals surface area contributed by atoms with Gasteiger partial charge in [0.25, 0.3) is 0 Å². The van der Waals surface area contributed by atoms with Crippen LogP contribution in [-0.2, 0) is 11.2 Å². The molecule has 1 heterocycles. The summed E-state index contributed by atoms with van der Waals surface area (Å²) in [5, 5.41) is 3.94. The van der Waals surface area contributed by atoms with Crippen molar-refractivity contribution in [2.24, 2.45) is 0 Å². The molecule has 0 unspecified atom stereocenters. The number of nitrogens with one attached hydrogen (secondary N) is 1. The fourth-order valence-corrected chi connectivity index (χ4v) is 4.44. The second kappa shape index (κ2) is 9.18. The number of ether oxygens (including phenoxy) is 2. The third-order valence-corrected chi connectivity index (χ3v) is 6.12. The van der Waals surface area contributed by atoms with Gasteiger partial charge in [0.15, 0.2) is 11.5 Å². The van der Waals surface area contributed by atoms with E-state index in [1.54, 1.807) is 25.6 Å². The Labute approximate surface area is 185 Å². The zero-order valence-electron chi connectivity index (χ0n) is 17.8. The van der Waals surface area contributed by atoms with Gasteiger partial charge in [0.05, 0.1) is 24.4 Å². The van der Waals surface area contributed by atoms with Crippen LogP contribution in [0.1, 0.15) is 17.5 Å². The van der Waals surface area contributed by atoms with Crippen LogP contribution in [0.3, 0.4) is 0 Å². The van der Waals surface area contributed by atoms with Crippen LogP contribution in [0, 0.1) is 6.92 Å². The van der Waals surface area contributed by atoms with Crippen LogP contribution in [0.25, 0.3) is 20.8 Å². The Morgan fingerprint density at radius 2 is 1.74 bits per heavy atom. The molecule has 4 rings (SSSR count). The first kappa shape index (κ1) is 20.9. The fourth-order valence-electron chi connectivity index (χ4n) is 3.37. The van der Waals surface area contributed by atoms with Crippen molar-refractivity contribution in [3.8, 4) is 22.1 Å². The summed E-state index contributed by atoms with van der Waals surface area (Å²) in [6.07, 6.45) is 1.00. The van der Waals surface area contributed by atoms with Crippen LogP contribution in [0.2, 0.25) is 0 Å². The molecule has 0 saturated heterocycles. The lowest BCUT2D eigenvalue weighted by Gasteiger charge is -2.10. The number of rotatable bonds is 7. The maximum Gasteiger partial charge on any atom is 0.224 e. The molecule has 6 heteroatoms. The third-order valence-electron chi connectivity index (χ3n) is 5.05. The normalized spacial score (nSPS) is 10.8. The summed E-state index contributed by atoms with van der Waals surface area (Å²) in [6.45, 7) is 2.08. The van der Waals surface area contributed by atoms with Crippen molar-refractivity contribution >= 4 is 33.1 Å². The lowest BCUT2D eigenvalue weighted by Crippen LogP contribution is -2.12. The number of fused-ring (bicyclic) bond motifs is 1. The Kier molecular flexibility index (Phi) is 6.18. The second-order valence-corrected chi connectivity index (χ2v) is 8.34. The number of aromatic nitrogens is 1. The number of hydrogen-bond donors (Lipinski definition) is 1. The number of carbonyl (C=O) groups excluding carboxylic acids is 1. The highest BCUT2D eigenvalue weighted by molar-refractivity contribution is 7.21. The highest BCUT2D eigenvalue weighted by atomic mass is 32.1. The summed E-state index contributed by atoms with van der Waals surface area (Å²) < 4.78 is 11.8. The average molecular weight is 433 g/mol. The molecule has 0 aliphatic rings. The molecule has 0 aliphatic heterocycles. The van der Waals surface area contributed by atoms with E-state index in [-0.39, 0.29) is 5.91 Å². The Hall–Kier alpha value is -3.38. The van der Waals surface area contributed by atoms with Crippen LogP contribution in [0.4, 0.5) is 5.69 Å². The van der Waals surface area contributed by atoms with Gasteiger partial charge in [-0.05, 0) is 73.0 Å². The van der Waals surface area contributed by atoms with Crippen LogP contribution in [-0.4, -0.2) is 25.1 Å². The molecule has 0 radical (unpaired) electrons. The molecule has 1 aromatic heterocycles. The smallest absolute Gasteiger partial charge is 0.224 e. The third kappa shape index (κ3) is 4.86. The number of nitrogens with zero attached hydrogens (tertiary/aromatic N) is 1. The van der Waals surface area contributed by atoms with Gasteiger partial charge in [-0.15, -0.1) is 11.3 Å². The standard InChI is InChI=1S/C25H24N2O3S/c1-16-4-11-20-23(14-16)31-25(27-20)18-7-9-19(10-8-18)26-24(28)13-6-17-5-12-21(29-2)22(15-17)30-3/h4-5,7-12,14-15H,6,13H2,1-3H3,(H,26,28). The van der Waals surface area contributed by atoms with E-state index in [0.29, 0.717) is 24.3 Å². The maximum atomic E-state index is 12.4. The maximum absolute atomic E-state index is 12.4. The van der Waals surface area contributed by atoms with E-state index in [0.717, 1.165) is 27.3 Å². The molecule has 1 amide bonds. The number of anilines is 1. The molecule has 3 aromatic carbocycles. The summed E-state index contributed by atoms with van der Waals surface area (Å²) in [4.78, 5) is 17.1. The molecule has 158 valence electrons. The van der Waals surface area contributed by atoms with Crippen LogP contribution >= 0.6 is 11.3 Å². The molecule has 5 nitrogen and oxygen atoms in total. The van der Waals surface area contributed by atoms with Gasteiger partial charge in [0.1, 0.15) is 5.01 Å². The summed E-state index contributed by atoms with van der Waals surface area (Å²) >= 11 is 1.68. The number of carbonyl (C=O) groups is 1. The predicted molar refractivity (Wildman–Crippen MR) is 126 cm³/mol. The van der Waals surface area contributed by atoms with Gasteiger partial charge in [0.2, 0.25) is 5.91 Å². The van der Waals surface area contributed by atoms with Gasteiger partial charge in [-0.25, -0.2) is 4.98 Å². The van der Waals surface area contributed by atoms with Crippen LogP contribution < -0.4 is 14.8 Å². The first-order valence-electron chi connectivity index (χ1n) is 10.0. The molecule has 4 aromatic rings. The van der Waals surface area contributed by atoms with Gasteiger partial charge in [-0.2, -0.15) is 0 Å². The Bertz CT molecular complexity index is 1220. The van der Waals surface area contributed by atoms with Gasteiger partial charge >= 0.3 is 0 Å². The molecular weight excluding hydrogens is 408 g/mol. The van der Waals surface area contributed by atoms with E-state index in [2.05, 4.69) is 30.4 Å². The number of aryl methyl sites for hydroxylation is 2. The van der Waals surface area contributed by atoms with Gasteiger partial charge in [-0.3, -0.25) is 4.79 Å². The fraction of sp³-hybridized carbons (Fsp3) is 0.200. The first-order chi connectivity index (χ1) is 15.1. The van der Waals surface area contributed by atoms with E-state index < -0.39 is 0 Å². The summed E-state index contributed by atoms with van der Waals surface area (Å²) in [6, 6.07) is 19.8. The predicted octanol–water partition coefficient (Wildman–Crippen LogP) is 5.86. The minimum absolute atomic E-state index is 0.0296. The summed E-state index contributed by atoms with van der Waals surface area (Å²) in [5.74, 6) is 1.32. The molecule has 31 heavy (non-hydrogen) atoms. The molecule has 0 atom stereocenters. The molecule has 1 N–H and O–H groups in total. The highest BCUT2D eigenvalue weighted by Gasteiger charge is 2.09. The second-order valence-electron chi connectivity index (χ2n) is 7.31. The van der Waals surface area contributed by atoms with Crippen molar-refractivity contribution < 1.29 is 14.3 Å². The molecule has 0 bridgehead atoms. The summed E-state index contributed by atoms with van der Waals surface area (Å²) in [7, 11) is 3.21. The van der Waals surface area contributed by atoms with Crippen molar-refractivity contribution in [3.05, 3.63) is 71.8 Å². The molecule has 0 aliphatic carbocycles. The van der Waals surface area contributed by atoms with Gasteiger partial charge in [-0.1, -0.05) is 12.1 Å². The monoisotopic (exact) mass is 432 g/mol. The van der Waals surface area contributed by atoms with Crippen molar-refractivity contribution in [2.45, 2.75) is 19.8 Å². The quantitative estimate of drug-likeness (QED) is 0.397. The van der Waals surface area contributed by atoms with E-state index in [9.17, 15) is 4.79 Å². The number of thiazole rings is 1. The van der Waals surface area contributed by atoms with E-state index in [1.165, 1.54) is 10.3 Å². The van der Waals surface area contributed by atoms with E-state index >= 15 is 0 Å². The van der Waals surface area contributed by atoms with Crippen LogP contribution in [0.15, 0.2) is 60.7 Å². The highest BCUT2D eigenvalue weighted by Crippen LogP contribution is 2.31. The molecular formula is C25H24N2O3S. The average Bonchev–Trinajstić information content (AvgIpc) is 3.21. The Morgan fingerprint density at radius 1 is 0.968 bits per heavy atom. The van der Waals surface area contributed by atoms with Crippen LogP contribution in [0.5, 0.6) is 11.5 Å². The zero-order chi connectivity index (χ0) is 21.8. The van der Waals surface area contributed by atoms with E-state index in [1.807, 2.05) is 42.5 Å². The Morgan fingerprint density at radius 3 is 2.48 bits per heavy atom. The minimum atomic E-state index is -0.0296. The lowest BCUT2D eigenvalue weighted by atomic mass is 10.1. The largest absolute Gasteiger partial charge is 0.493 e. The van der Waals surface area contributed by atoms with E-state index in [4.69, 9.17) is 14.5 Å². The minimum Gasteiger partial charge on any atom is -0.493 e. The molecule has 0 saturated carbocycles. The van der Waals surface area contributed by atoms with Crippen molar-refractivity contribution in [1.82, 2.24) is 4.98 Å². The first-order valence-corrected chi connectivity index (χ1v) is 10.9. The van der Waals surface area contributed by atoms with Crippen molar-refractivity contribution in [2.75, 3.05) is 19.5 Å².